The van der Waals surface area contributed by atoms with Crippen molar-refractivity contribution in [3.8, 4) is 11.3 Å². The molecule has 0 radical (unpaired) electrons. The maximum absolute atomic E-state index is 11.1. The van der Waals surface area contributed by atoms with Crippen LogP contribution in [-0.2, 0) is 11.2 Å². The van der Waals surface area contributed by atoms with E-state index in [1.54, 1.807) is 0 Å². The van der Waals surface area contributed by atoms with Crippen LogP contribution in [0.5, 0.6) is 0 Å². The molecule has 0 saturated heterocycles. The van der Waals surface area contributed by atoms with Crippen LogP contribution < -0.4 is 5.43 Å². The van der Waals surface area contributed by atoms with Crippen molar-refractivity contribution in [1.82, 2.24) is 4.98 Å². The van der Waals surface area contributed by atoms with Gasteiger partial charge in [0.15, 0.2) is 0 Å². The highest BCUT2D eigenvalue weighted by atomic mass is 79.9. The van der Waals surface area contributed by atoms with Crippen molar-refractivity contribution in [3.05, 3.63) is 71.1 Å². The highest BCUT2D eigenvalue weighted by Crippen LogP contribution is 2.31. The summed E-state index contributed by atoms with van der Waals surface area (Å²) in [5, 5.41) is 14.1. The summed E-state index contributed by atoms with van der Waals surface area (Å²) in [5.74, 6) is -0.878. The molecule has 2 aromatic carbocycles. The molecule has 0 atom stereocenters. The van der Waals surface area contributed by atoms with E-state index in [-0.39, 0.29) is 23.4 Å². The molecule has 0 amide bonds. The van der Waals surface area contributed by atoms with E-state index in [9.17, 15) is 4.79 Å². The normalized spacial score (nSPS) is 10.9. The van der Waals surface area contributed by atoms with E-state index in [0.29, 0.717) is 15.7 Å². The fourth-order valence-electron chi connectivity index (χ4n) is 2.35. The van der Waals surface area contributed by atoms with Crippen LogP contribution in [0.2, 0.25) is 0 Å². The van der Waals surface area contributed by atoms with Gasteiger partial charge in [-0.2, -0.15) is 5.10 Å². The highest BCUT2D eigenvalue weighted by molar-refractivity contribution is 8.93. The van der Waals surface area contributed by atoms with Crippen LogP contribution in [0.4, 0.5) is 5.13 Å². The van der Waals surface area contributed by atoms with E-state index in [1.165, 1.54) is 11.3 Å². The Morgan fingerprint density at radius 1 is 1.12 bits per heavy atom. The zero-order valence-corrected chi connectivity index (χ0v) is 16.6. The highest BCUT2D eigenvalue weighted by Gasteiger charge is 2.15. The van der Waals surface area contributed by atoms with Gasteiger partial charge in [-0.05, 0) is 12.5 Å². The number of halogens is 1. The molecule has 2 N–H and O–H groups in total. The van der Waals surface area contributed by atoms with Crippen molar-refractivity contribution in [3.63, 3.8) is 0 Å². The van der Waals surface area contributed by atoms with Gasteiger partial charge in [-0.25, -0.2) is 4.98 Å². The number of hydrogen-bond donors (Lipinski definition) is 2. The molecule has 1 aromatic heterocycles. The number of aliphatic carboxylic acids is 1. The Balaban J connectivity index is 0.00000243. The van der Waals surface area contributed by atoms with Gasteiger partial charge in [0, 0.05) is 10.4 Å². The Hall–Kier alpha value is -2.51. The van der Waals surface area contributed by atoms with E-state index in [1.807, 2.05) is 67.6 Å². The Morgan fingerprint density at radius 2 is 1.73 bits per heavy atom. The molecule has 7 heteroatoms. The Labute approximate surface area is 166 Å². The SMILES string of the molecule is Br.CC(=NNc1nc(-c2ccccc2)c(CC(=O)O)s1)c1ccccc1. The van der Waals surface area contributed by atoms with Crippen LogP contribution >= 0.6 is 28.3 Å². The average molecular weight is 432 g/mol. The van der Waals surface area contributed by atoms with E-state index in [2.05, 4.69) is 15.5 Å². The van der Waals surface area contributed by atoms with Gasteiger partial charge < -0.3 is 5.11 Å². The zero-order chi connectivity index (χ0) is 17.6. The second-order valence-electron chi connectivity index (χ2n) is 5.40. The number of aromatic nitrogens is 1. The number of carboxylic acids is 1. The van der Waals surface area contributed by atoms with Crippen molar-refractivity contribution in [2.45, 2.75) is 13.3 Å². The molecule has 0 spiro atoms. The predicted octanol–water partition coefficient (Wildman–Crippen LogP) is 4.85. The minimum absolute atomic E-state index is 0. The van der Waals surface area contributed by atoms with Crippen molar-refractivity contribution in [2.75, 3.05) is 5.43 Å². The number of nitrogens with zero attached hydrogens (tertiary/aromatic N) is 2. The largest absolute Gasteiger partial charge is 0.481 e. The molecule has 5 nitrogen and oxygen atoms in total. The summed E-state index contributed by atoms with van der Waals surface area (Å²) in [7, 11) is 0. The summed E-state index contributed by atoms with van der Waals surface area (Å²) in [6, 6.07) is 19.4. The van der Waals surface area contributed by atoms with Crippen LogP contribution in [0.1, 0.15) is 17.4 Å². The lowest BCUT2D eigenvalue weighted by atomic mass is 10.1. The quantitative estimate of drug-likeness (QED) is 0.431. The van der Waals surface area contributed by atoms with Gasteiger partial charge in [0.05, 0.1) is 17.8 Å². The van der Waals surface area contributed by atoms with Gasteiger partial charge in [-0.1, -0.05) is 72.0 Å². The van der Waals surface area contributed by atoms with E-state index in [4.69, 9.17) is 5.11 Å². The number of benzene rings is 2. The fraction of sp³-hybridized carbons (Fsp3) is 0.105. The molecule has 0 unspecified atom stereocenters. The molecular weight excluding hydrogens is 414 g/mol. The number of hydrazone groups is 1. The lowest BCUT2D eigenvalue weighted by molar-refractivity contribution is -0.136. The fourth-order valence-corrected chi connectivity index (χ4v) is 3.27. The molecule has 134 valence electrons. The smallest absolute Gasteiger partial charge is 0.308 e. The second-order valence-corrected chi connectivity index (χ2v) is 6.49. The van der Waals surface area contributed by atoms with Gasteiger partial charge >= 0.3 is 5.97 Å². The van der Waals surface area contributed by atoms with Gasteiger partial charge in [-0.15, -0.1) is 17.0 Å². The minimum Gasteiger partial charge on any atom is -0.481 e. The standard InChI is InChI=1S/C19H17N3O2S.BrH/c1-13(14-8-4-2-5-9-14)21-22-19-20-18(15-10-6-3-7-11-15)16(25-19)12-17(23)24;/h2-11H,12H2,1H3,(H,20,22)(H,23,24);1H. The molecule has 1 heterocycles. The van der Waals surface area contributed by atoms with Crippen LogP contribution in [0.25, 0.3) is 11.3 Å². The summed E-state index contributed by atoms with van der Waals surface area (Å²) in [6.45, 7) is 1.91. The summed E-state index contributed by atoms with van der Waals surface area (Å²) >= 11 is 1.31. The number of nitrogens with one attached hydrogen (secondary N) is 1. The maximum atomic E-state index is 11.1. The topological polar surface area (TPSA) is 74.6 Å². The van der Waals surface area contributed by atoms with Gasteiger partial charge in [0.1, 0.15) is 0 Å². The molecule has 0 aliphatic carbocycles. The first-order chi connectivity index (χ1) is 12.1. The predicted molar refractivity (Wildman–Crippen MR) is 111 cm³/mol. The Bertz CT molecular complexity index is 896. The number of carbonyl (C=O) groups is 1. The molecule has 0 aliphatic heterocycles. The number of carboxylic acid groups (broad SMARTS) is 1. The third-order valence-electron chi connectivity index (χ3n) is 3.57. The average Bonchev–Trinajstić information content (AvgIpc) is 3.03. The van der Waals surface area contributed by atoms with Crippen LogP contribution in [-0.4, -0.2) is 21.8 Å². The van der Waals surface area contributed by atoms with Crippen LogP contribution in [0.15, 0.2) is 65.8 Å². The first kappa shape index (κ1) is 19.8. The number of thiazole rings is 1. The summed E-state index contributed by atoms with van der Waals surface area (Å²) in [6.07, 6.45) is -0.0645. The first-order valence-electron chi connectivity index (χ1n) is 7.76. The molecule has 0 fully saturated rings. The Kier molecular flexibility index (Phi) is 7.06. The van der Waals surface area contributed by atoms with Gasteiger partial charge in [0.25, 0.3) is 0 Å². The maximum Gasteiger partial charge on any atom is 0.308 e. The molecule has 0 bridgehead atoms. The van der Waals surface area contributed by atoms with Gasteiger partial charge in [0.2, 0.25) is 5.13 Å². The third kappa shape index (κ3) is 5.00. The molecule has 3 aromatic rings. The number of rotatable bonds is 6. The lowest BCUT2D eigenvalue weighted by Crippen LogP contribution is -1.99. The van der Waals surface area contributed by atoms with Crippen molar-refractivity contribution >= 4 is 45.1 Å². The zero-order valence-electron chi connectivity index (χ0n) is 14.0. The molecule has 0 saturated carbocycles. The van der Waals surface area contributed by atoms with Crippen LogP contribution in [0, 0.1) is 0 Å². The Morgan fingerprint density at radius 3 is 2.35 bits per heavy atom. The van der Waals surface area contributed by atoms with Crippen LogP contribution in [0.3, 0.4) is 0 Å². The summed E-state index contributed by atoms with van der Waals surface area (Å²) in [4.78, 5) is 16.4. The lowest BCUT2D eigenvalue weighted by Gasteiger charge is -2.00. The van der Waals surface area contributed by atoms with Crippen molar-refractivity contribution in [2.24, 2.45) is 5.10 Å². The van der Waals surface area contributed by atoms with Crippen molar-refractivity contribution < 1.29 is 9.90 Å². The van der Waals surface area contributed by atoms with E-state index in [0.717, 1.165) is 16.8 Å². The van der Waals surface area contributed by atoms with E-state index >= 15 is 0 Å². The second kappa shape index (κ2) is 9.26. The van der Waals surface area contributed by atoms with Crippen molar-refractivity contribution in [1.29, 1.82) is 0 Å². The molecular formula is C19H18BrN3O2S. The summed E-state index contributed by atoms with van der Waals surface area (Å²) < 4.78 is 0. The molecule has 26 heavy (non-hydrogen) atoms. The number of hydrogen-bond acceptors (Lipinski definition) is 5. The minimum atomic E-state index is -0.878. The third-order valence-corrected chi connectivity index (χ3v) is 4.53. The molecule has 3 rings (SSSR count). The monoisotopic (exact) mass is 431 g/mol. The number of anilines is 1. The van der Waals surface area contributed by atoms with E-state index < -0.39 is 5.97 Å². The van der Waals surface area contributed by atoms with Gasteiger partial charge in [-0.3, -0.25) is 10.2 Å². The first-order valence-corrected chi connectivity index (χ1v) is 8.58. The summed E-state index contributed by atoms with van der Waals surface area (Å²) in [5.41, 5.74) is 6.37. The molecule has 0 aliphatic rings.